The van der Waals surface area contributed by atoms with Gasteiger partial charge in [-0.15, -0.1) is 0 Å². The smallest absolute Gasteiger partial charge is 0.313 e. The number of hydrogen-bond acceptors (Lipinski definition) is 2. The van der Waals surface area contributed by atoms with Crippen molar-refractivity contribution in [3.05, 3.63) is 66.1 Å². The van der Waals surface area contributed by atoms with Gasteiger partial charge >= 0.3 is 11.8 Å². The summed E-state index contributed by atoms with van der Waals surface area (Å²) in [6.07, 6.45) is 1.80. The molecule has 0 atom stereocenters. The van der Waals surface area contributed by atoms with Crippen molar-refractivity contribution in [2.45, 2.75) is 6.54 Å². The number of anilines is 1. The lowest BCUT2D eigenvalue weighted by atomic mass is 10.2. The van der Waals surface area contributed by atoms with Gasteiger partial charge in [-0.05, 0) is 41.3 Å². The van der Waals surface area contributed by atoms with Crippen molar-refractivity contribution in [1.82, 2.24) is 10.3 Å². The summed E-state index contributed by atoms with van der Waals surface area (Å²) in [5, 5.41) is 6.04. The Labute approximate surface area is 131 Å². The highest BCUT2D eigenvalue weighted by molar-refractivity contribution is 6.39. The molecule has 0 bridgehead atoms. The van der Waals surface area contributed by atoms with Crippen LogP contribution in [0, 0.1) is 5.82 Å². The second kappa shape index (κ2) is 6.31. The normalized spacial score (nSPS) is 10.5. The van der Waals surface area contributed by atoms with Gasteiger partial charge in [0.15, 0.2) is 0 Å². The highest BCUT2D eigenvalue weighted by atomic mass is 19.1. The van der Waals surface area contributed by atoms with E-state index in [9.17, 15) is 14.0 Å². The third-order valence-electron chi connectivity index (χ3n) is 3.39. The molecule has 0 radical (unpaired) electrons. The molecule has 0 aliphatic carbocycles. The van der Waals surface area contributed by atoms with E-state index in [-0.39, 0.29) is 12.4 Å². The molecule has 0 saturated heterocycles. The molecule has 1 heterocycles. The lowest BCUT2D eigenvalue weighted by molar-refractivity contribution is -0.136. The van der Waals surface area contributed by atoms with Crippen LogP contribution in [0.25, 0.3) is 10.9 Å². The fourth-order valence-electron chi connectivity index (χ4n) is 2.18. The maximum absolute atomic E-state index is 12.8. The Morgan fingerprint density at radius 3 is 2.57 bits per heavy atom. The van der Waals surface area contributed by atoms with Crippen LogP contribution in [0.4, 0.5) is 10.1 Å². The van der Waals surface area contributed by atoms with E-state index in [1.807, 2.05) is 12.1 Å². The lowest BCUT2D eigenvalue weighted by Gasteiger charge is -2.07. The fourth-order valence-corrected chi connectivity index (χ4v) is 2.18. The summed E-state index contributed by atoms with van der Waals surface area (Å²) in [4.78, 5) is 26.7. The molecule has 0 aliphatic heterocycles. The van der Waals surface area contributed by atoms with E-state index < -0.39 is 11.8 Å². The molecule has 2 amide bonds. The van der Waals surface area contributed by atoms with Crippen molar-refractivity contribution in [3.8, 4) is 0 Å². The molecule has 0 unspecified atom stereocenters. The van der Waals surface area contributed by atoms with Crippen LogP contribution in [0.15, 0.2) is 54.7 Å². The molecule has 3 aromatic rings. The van der Waals surface area contributed by atoms with Gasteiger partial charge in [0, 0.05) is 23.9 Å². The molecule has 0 spiro atoms. The predicted molar refractivity (Wildman–Crippen MR) is 85.2 cm³/mol. The van der Waals surface area contributed by atoms with E-state index in [0.717, 1.165) is 10.9 Å². The zero-order chi connectivity index (χ0) is 16.2. The predicted octanol–water partition coefficient (Wildman–Crippen LogP) is 2.56. The summed E-state index contributed by atoms with van der Waals surface area (Å²) in [5.41, 5.74) is 2.11. The molecular formula is C17H14FN3O2. The standard InChI is InChI=1S/C17H14FN3O2/c18-13-4-1-11(2-5-13)10-20-16(22)17(23)21-14-6-3-12-7-8-19-15(12)9-14/h1-9,19H,10H2,(H,20,22)(H,21,23). The number of hydrogen-bond donors (Lipinski definition) is 3. The number of H-pyrrole nitrogens is 1. The largest absolute Gasteiger partial charge is 0.361 e. The van der Waals surface area contributed by atoms with Gasteiger partial charge in [0.1, 0.15) is 5.82 Å². The zero-order valence-electron chi connectivity index (χ0n) is 12.1. The maximum atomic E-state index is 12.8. The van der Waals surface area contributed by atoms with Gasteiger partial charge in [-0.3, -0.25) is 9.59 Å². The van der Waals surface area contributed by atoms with E-state index >= 15 is 0 Å². The number of halogens is 1. The van der Waals surface area contributed by atoms with Crippen molar-refractivity contribution in [2.75, 3.05) is 5.32 Å². The Balaban J connectivity index is 1.58. The minimum atomic E-state index is -0.752. The number of fused-ring (bicyclic) bond motifs is 1. The highest BCUT2D eigenvalue weighted by Crippen LogP contribution is 2.17. The van der Waals surface area contributed by atoms with Gasteiger partial charge < -0.3 is 15.6 Å². The first kappa shape index (κ1) is 14.8. The third kappa shape index (κ3) is 3.55. The Morgan fingerprint density at radius 2 is 1.78 bits per heavy atom. The second-order valence-corrected chi connectivity index (χ2v) is 5.04. The Kier molecular flexibility index (Phi) is 4.05. The van der Waals surface area contributed by atoms with Crippen LogP contribution in [0.2, 0.25) is 0 Å². The molecule has 0 fully saturated rings. The second-order valence-electron chi connectivity index (χ2n) is 5.04. The maximum Gasteiger partial charge on any atom is 0.313 e. The van der Waals surface area contributed by atoms with Crippen LogP contribution in [0.5, 0.6) is 0 Å². The van der Waals surface area contributed by atoms with Crippen molar-refractivity contribution < 1.29 is 14.0 Å². The highest BCUT2D eigenvalue weighted by Gasteiger charge is 2.13. The monoisotopic (exact) mass is 311 g/mol. The molecule has 2 aromatic carbocycles. The topological polar surface area (TPSA) is 74.0 Å². The molecule has 0 aliphatic rings. The summed E-state index contributed by atoms with van der Waals surface area (Å²) in [5.74, 6) is -1.85. The molecule has 5 nitrogen and oxygen atoms in total. The molecule has 6 heteroatoms. The average Bonchev–Trinajstić information content (AvgIpc) is 3.01. The summed E-state index contributed by atoms with van der Waals surface area (Å²) in [7, 11) is 0. The quantitative estimate of drug-likeness (QED) is 0.650. The number of benzene rings is 2. The van der Waals surface area contributed by atoms with Crippen LogP contribution in [0.3, 0.4) is 0 Å². The SMILES string of the molecule is O=C(NCc1ccc(F)cc1)C(=O)Nc1ccc2cc[nH]c2c1. The van der Waals surface area contributed by atoms with E-state index in [4.69, 9.17) is 0 Å². The molecule has 116 valence electrons. The number of aromatic amines is 1. The van der Waals surface area contributed by atoms with Gasteiger partial charge in [0.05, 0.1) is 0 Å². The molecular weight excluding hydrogens is 297 g/mol. The minimum absolute atomic E-state index is 0.155. The summed E-state index contributed by atoms with van der Waals surface area (Å²) in [6, 6.07) is 12.9. The lowest BCUT2D eigenvalue weighted by Crippen LogP contribution is -2.34. The van der Waals surface area contributed by atoms with Crippen LogP contribution in [-0.4, -0.2) is 16.8 Å². The van der Waals surface area contributed by atoms with E-state index in [1.165, 1.54) is 12.1 Å². The summed E-state index contributed by atoms with van der Waals surface area (Å²) in [6.45, 7) is 0.155. The van der Waals surface area contributed by atoms with E-state index in [1.54, 1.807) is 30.5 Å². The van der Waals surface area contributed by atoms with Gasteiger partial charge in [0.25, 0.3) is 0 Å². The number of carbonyl (C=O) groups excluding carboxylic acids is 2. The summed E-state index contributed by atoms with van der Waals surface area (Å²) < 4.78 is 12.8. The average molecular weight is 311 g/mol. The molecule has 23 heavy (non-hydrogen) atoms. The van der Waals surface area contributed by atoms with Crippen molar-refractivity contribution >= 4 is 28.4 Å². The number of carbonyl (C=O) groups is 2. The first-order chi connectivity index (χ1) is 11.1. The van der Waals surface area contributed by atoms with Crippen LogP contribution < -0.4 is 10.6 Å². The Hall–Kier alpha value is -3.15. The molecule has 3 rings (SSSR count). The van der Waals surface area contributed by atoms with Crippen molar-refractivity contribution in [2.24, 2.45) is 0 Å². The number of amides is 2. The number of rotatable bonds is 3. The minimum Gasteiger partial charge on any atom is -0.361 e. The first-order valence-electron chi connectivity index (χ1n) is 7.02. The van der Waals surface area contributed by atoms with Crippen LogP contribution >= 0.6 is 0 Å². The van der Waals surface area contributed by atoms with Gasteiger partial charge in [-0.2, -0.15) is 0 Å². The number of aromatic nitrogens is 1. The molecule has 0 saturated carbocycles. The first-order valence-corrected chi connectivity index (χ1v) is 7.02. The fraction of sp³-hybridized carbons (Fsp3) is 0.0588. The van der Waals surface area contributed by atoms with E-state index in [0.29, 0.717) is 11.3 Å². The van der Waals surface area contributed by atoms with Gasteiger partial charge in [0.2, 0.25) is 0 Å². The summed E-state index contributed by atoms with van der Waals surface area (Å²) >= 11 is 0. The van der Waals surface area contributed by atoms with Gasteiger partial charge in [-0.1, -0.05) is 18.2 Å². The molecule has 1 aromatic heterocycles. The van der Waals surface area contributed by atoms with Crippen LogP contribution in [0.1, 0.15) is 5.56 Å². The van der Waals surface area contributed by atoms with Crippen molar-refractivity contribution in [1.29, 1.82) is 0 Å². The molecule has 3 N–H and O–H groups in total. The third-order valence-corrected chi connectivity index (χ3v) is 3.39. The Morgan fingerprint density at radius 1 is 1.00 bits per heavy atom. The van der Waals surface area contributed by atoms with Crippen LogP contribution in [-0.2, 0) is 16.1 Å². The van der Waals surface area contributed by atoms with E-state index in [2.05, 4.69) is 15.6 Å². The number of nitrogens with one attached hydrogen (secondary N) is 3. The Bertz CT molecular complexity index is 856. The zero-order valence-corrected chi connectivity index (χ0v) is 12.1. The van der Waals surface area contributed by atoms with Crippen molar-refractivity contribution in [3.63, 3.8) is 0 Å². The van der Waals surface area contributed by atoms with Gasteiger partial charge in [-0.25, -0.2) is 4.39 Å².